The molecular weight excluding hydrogens is 408 g/mol. The first-order valence-electron chi connectivity index (χ1n) is 9.59. The summed E-state index contributed by atoms with van der Waals surface area (Å²) in [6, 6.07) is 12.7. The maximum absolute atomic E-state index is 12.7. The van der Waals surface area contributed by atoms with Gasteiger partial charge in [-0.15, -0.1) is 11.8 Å². The zero-order valence-corrected chi connectivity index (χ0v) is 17.4. The van der Waals surface area contributed by atoms with Gasteiger partial charge in [0.15, 0.2) is 9.84 Å². The van der Waals surface area contributed by atoms with Crippen LogP contribution in [0.4, 0.5) is 5.69 Å². The molecule has 0 saturated heterocycles. The summed E-state index contributed by atoms with van der Waals surface area (Å²) in [7, 11) is -3.63. The molecule has 6 nitrogen and oxygen atoms in total. The van der Waals surface area contributed by atoms with E-state index in [4.69, 9.17) is 0 Å². The van der Waals surface area contributed by atoms with E-state index in [0.29, 0.717) is 11.4 Å². The number of hydrogen-bond donors (Lipinski definition) is 2. The van der Waals surface area contributed by atoms with Gasteiger partial charge in [0.05, 0.1) is 28.1 Å². The summed E-state index contributed by atoms with van der Waals surface area (Å²) in [6.07, 6.45) is 2.76. The number of fused-ring (bicyclic) bond motifs is 2. The number of benzene rings is 2. The predicted octanol–water partition coefficient (Wildman–Crippen LogP) is 3.09. The quantitative estimate of drug-likeness (QED) is 0.761. The van der Waals surface area contributed by atoms with Crippen LogP contribution in [-0.2, 0) is 25.8 Å². The van der Waals surface area contributed by atoms with Gasteiger partial charge in [-0.05, 0) is 48.6 Å². The molecule has 2 amide bonds. The van der Waals surface area contributed by atoms with Gasteiger partial charge in [-0.3, -0.25) is 9.59 Å². The maximum Gasteiger partial charge on any atom is 0.234 e. The lowest BCUT2D eigenvalue weighted by molar-refractivity contribution is -0.121. The SMILES string of the molecule is O=C1CSc2ccc(S(=O)(=O)CCC(=O)NC3CCCc4ccccc43)cc2N1. The summed E-state index contributed by atoms with van der Waals surface area (Å²) >= 11 is 1.38. The molecule has 2 N–H and O–H groups in total. The van der Waals surface area contributed by atoms with E-state index in [1.807, 2.05) is 18.2 Å². The van der Waals surface area contributed by atoms with Crippen LogP contribution in [0.15, 0.2) is 52.3 Å². The first-order valence-corrected chi connectivity index (χ1v) is 12.2. The van der Waals surface area contributed by atoms with Gasteiger partial charge >= 0.3 is 0 Å². The standard InChI is InChI=1S/C21H22N2O4S2/c24-20(22-17-7-3-5-14-4-1-2-6-16(14)17)10-11-29(26,27)15-8-9-19-18(12-15)23-21(25)13-28-19/h1-2,4,6,8-9,12,17H,3,5,7,10-11,13H2,(H,22,24)(H,23,25). The molecule has 0 radical (unpaired) electrons. The van der Waals surface area contributed by atoms with Gasteiger partial charge in [0.1, 0.15) is 0 Å². The number of nitrogens with one attached hydrogen (secondary N) is 2. The van der Waals surface area contributed by atoms with Crippen molar-refractivity contribution in [1.29, 1.82) is 0 Å². The molecule has 0 fully saturated rings. The van der Waals surface area contributed by atoms with Gasteiger partial charge in [-0.1, -0.05) is 24.3 Å². The van der Waals surface area contributed by atoms with Gasteiger partial charge in [0.2, 0.25) is 11.8 Å². The zero-order valence-electron chi connectivity index (χ0n) is 15.8. The van der Waals surface area contributed by atoms with E-state index in [2.05, 4.69) is 16.7 Å². The topological polar surface area (TPSA) is 92.3 Å². The average molecular weight is 431 g/mol. The second kappa shape index (κ2) is 8.20. The van der Waals surface area contributed by atoms with Crippen molar-refractivity contribution in [1.82, 2.24) is 5.32 Å². The monoisotopic (exact) mass is 430 g/mol. The Kier molecular flexibility index (Phi) is 5.65. The van der Waals surface area contributed by atoms with E-state index in [1.54, 1.807) is 6.07 Å². The Bertz CT molecular complexity index is 1070. The van der Waals surface area contributed by atoms with E-state index >= 15 is 0 Å². The number of anilines is 1. The van der Waals surface area contributed by atoms with Crippen LogP contribution in [-0.4, -0.2) is 31.7 Å². The minimum absolute atomic E-state index is 0.0638. The third-order valence-corrected chi connectivity index (χ3v) is 8.03. The Morgan fingerprint density at radius 3 is 2.90 bits per heavy atom. The molecule has 2 aromatic carbocycles. The number of sulfone groups is 1. The van der Waals surface area contributed by atoms with Crippen LogP contribution in [0.5, 0.6) is 0 Å². The van der Waals surface area contributed by atoms with Crippen molar-refractivity contribution < 1.29 is 18.0 Å². The Morgan fingerprint density at radius 1 is 1.21 bits per heavy atom. The fourth-order valence-electron chi connectivity index (χ4n) is 3.77. The van der Waals surface area contributed by atoms with Crippen molar-refractivity contribution in [3.05, 3.63) is 53.6 Å². The molecule has 1 unspecified atom stereocenters. The minimum Gasteiger partial charge on any atom is -0.349 e. The Balaban J connectivity index is 1.40. The highest BCUT2D eigenvalue weighted by molar-refractivity contribution is 8.00. The second-order valence-corrected chi connectivity index (χ2v) is 10.4. The third-order valence-electron chi connectivity index (χ3n) is 5.25. The Hall–Kier alpha value is -2.32. The lowest BCUT2D eigenvalue weighted by Gasteiger charge is -2.26. The molecule has 0 aromatic heterocycles. The molecule has 4 rings (SSSR count). The number of carbonyl (C=O) groups excluding carboxylic acids is 2. The van der Waals surface area contributed by atoms with Crippen LogP contribution in [0.1, 0.15) is 36.4 Å². The average Bonchev–Trinajstić information content (AvgIpc) is 2.72. The highest BCUT2D eigenvalue weighted by atomic mass is 32.2. The molecule has 1 heterocycles. The van der Waals surface area contributed by atoms with Crippen LogP contribution in [0, 0.1) is 0 Å². The highest BCUT2D eigenvalue weighted by Crippen LogP contribution is 2.33. The molecule has 152 valence electrons. The number of amides is 2. The summed E-state index contributed by atoms with van der Waals surface area (Å²) in [4.78, 5) is 24.9. The predicted molar refractivity (Wildman–Crippen MR) is 113 cm³/mol. The summed E-state index contributed by atoms with van der Waals surface area (Å²) in [6.45, 7) is 0. The van der Waals surface area contributed by atoms with E-state index < -0.39 is 9.84 Å². The second-order valence-electron chi connectivity index (χ2n) is 7.27. The minimum atomic E-state index is -3.63. The molecular formula is C21H22N2O4S2. The number of aryl methyl sites for hydroxylation is 1. The van der Waals surface area contributed by atoms with Crippen LogP contribution >= 0.6 is 11.8 Å². The first kappa shape index (κ1) is 20.0. The molecule has 2 aliphatic rings. The van der Waals surface area contributed by atoms with E-state index in [9.17, 15) is 18.0 Å². The number of thioether (sulfide) groups is 1. The molecule has 0 bridgehead atoms. The maximum atomic E-state index is 12.7. The van der Waals surface area contributed by atoms with Crippen LogP contribution in [0.2, 0.25) is 0 Å². The third kappa shape index (κ3) is 4.48. The first-order chi connectivity index (χ1) is 13.9. The zero-order chi connectivity index (χ0) is 20.4. The van der Waals surface area contributed by atoms with Crippen LogP contribution in [0.25, 0.3) is 0 Å². The van der Waals surface area contributed by atoms with Gasteiger partial charge < -0.3 is 10.6 Å². The van der Waals surface area contributed by atoms with E-state index in [0.717, 1.165) is 29.7 Å². The van der Waals surface area contributed by atoms with Gasteiger partial charge in [0.25, 0.3) is 0 Å². The molecule has 1 aliphatic carbocycles. The molecule has 1 aliphatic heterocycles. The lowest BCUT2D eigenvalue weighted by Crippen LogP contribution is -2.32. The van der Waals surface area contributed by atoms with E-state index in [-0.39, 0.29) is 34.9 Å². The summed E-state index contributed by atoms with van der Waals surface area (Å²) in [5.74, 6) is -0.363. The fraction of sp³-hybridized carbons (Fsp3) is 0.333. The number of hydrogen-bond acceptors (Lipinski definition) is 5. The molecule has 29 heavy (non-hydrogen) atoms. The van der Waals surface area contributed by atoms with Gasteiger partial charge in [-0.25, -0.2) is 8.42 Å². The van der Waals surface area contributed by atoms with Crippen molar-refractivity contribution in [2.45, 2.75) is 41.5 Å². The molecule has 0 spiro atoms. The summed E-state index contributed by atoms with van der Waals surface area (Å²) in [5, 5.41) is 5.69. The molecule has 1 atom stereocenters. The molecule has 0 saturated carbocycles. The normalized spacial score (nSPS) is 18.3. The van der Waals surface area contributed by atoms with Crippen LogP contribution in [0.3, 0.4) is 0 Å². The largest absolute Gasteiger partial charge is 0.349 e. The Morgan fingerprint density at radius 2 is 2.03 bits per heavy atom. The van der Waals surface area contributed by atoms with Gasteiger partial charge in [0, 0.05) is 11.3 Å². The highest BCUT2D eigenvalue weighted by Gasteiger charge is 2.24. The molecule has 8 heteroatoms. The molecule has 2 aromatic rings. The number of carbonyl (C=O) groups is 2. The van der Waals surface area contributed by atoms with Crippen LogP contribution < -0.4 is 10.6 Å². The Labute approximate surface area is 174 Å². The smallest absolute Gasteiger partial charge is 0.234 e. The lowest BCUT2D eigenvalue weighted by atomic mass is 9.88. The summed E-state index contributed by atoms with van der Waals surface area (Å²) < 4.78 is 25.4. The van der Waals surface area contributed by atoms with Crippen molar-refractivity contribution >= 4 is 39.1 Å². The van der Waals surface area contributed by atoms with Gasteiger partial charge in [-0.2, -0.15) is 0 Å². The van der Waals surface area contributed by atoms with Crippen molar-refractivity contribution in [2.24, 2.45) is 0 Å². The van der Waals surface area contributed by atoms with E-state index in [1.165, 1.54) is 29.5 Å². The fourth-order valence-corrected chi connectivity index (χ4v) is 5.82. The van der Waals surface area contributed by atoms with Crippen molar-refractivity contribution in [3.63, 3.8) is 0 Å². The number of rotatable bonds is 5. The van der Waals surface area contributed by atoms with Crippen molar-refractivity contribution in [3.8, 4) is 0 Å². The van der Waals surface area contributed by atoms with Crippen molar-refractivity contribution in [2.75, 3.05) is 16.8 Å². The summed E-state index contributed by atoms with van der Waals surface area (Å²) in [5.41, 5.74) is 2.87.